The minimum Gasteiger partial charge on any atom is -0.491 e. The summed E-state index contributed by atoms with van der Waals surface area (Å²) in [6.07, 6.45) is 0. The standard InChI is InChI=1S/C20H26ClN3O2/c1-3-22-20(24-15-17-8-4-5-10-19(17)21)23-14-16-7-6-9-18(13-16)26-12-11-25-2/h4-10,13H,3,11-12,14-15H2,1-2H3,(H2,22,23,24). The highest BCUT2D eigenvalue weighted by molar-refractivity contribution is 6.31. The molecule has 2 aromatic rings. The Morgan fingerprint density at radius 2 is 1.92 bits per heavy atom. The number of benzene rings is 2. The maximum atomic E-state index is 6.20. The molecule has 0 aliphatic heterocycles. The largest absolute Gasteiger partial charge is 0.491 e. The summed E-state index contributed by atoms with van der Waals surface area (Å²) in [5, 5.41) is 7.31. The fraction of sp³-hybridized carbons (Fsp3) is 0.350. The van der Waals surface area contributed by atoms with Gasteiger partial charge in [0.2, 0.25) is 0 Å². The second-order valence-corrected chi connectivity index (χ2v) is 6.04. The van der Waals surface area contributed by atoms with Crippen LogP contribution in [-0.4, -0.2) is 32.8 Å². The Kier molecular flexibility index (Phi) is 8.79. The number of hydrogen-bond acceptors (Lipinski definition) is 3. The maximum absolute atomic E-state index is 6.20. The van der Waals surface area contributed by atoms with Crippen LogP contribution in [0.5, 0.6) is 5.75 Å². The van der Waals surface area contributed by atoms with Gasteiger partial charge in [-0.15, -0.1) is 0 Å². The summed E-state index contributed by atoms with van der Waals surface area (Å²) in [6.45, 7) is 5.10. The van der Waals surface area contributed by atoms with Gasteiger partial charge in [-0.25, -0.2) is 4.99 Å². The number of hydrogen-bond donors (Lipinski definition) is 2. The van der Waals surface area contributed by atoms with Crippen molar-refractivity contribution in [1.82, 2.24) is 10.6 Å². The van der Waals surface area contributed by atoms with Gasteiger partial charge in [-0.05, 0) is 36.2 Å². The highest BCUT2D eigenvalue weighted by Gasteiger charge is 2.02. The summed E-state index contributed by atoms with van der Waals surface area (Å²) in [5.74, 6) is 1.57. The van der Waals surface area contributed by atoms with Crippen molar-refractivity contribution in [2.24, 2.45) is 4.99 Å². The lowest BCUT2D eigenvalue weighted by Crippen LogP contribution is -2.36. The molecular formula is C20H26ClN3O2. The van der Waals surface area contributed by atoms with E-state index in [0.717, 1.165) is 34.4 Å². The third-order valence-electron chi connectivity index (χ3n) is 3.62. The predicted molar refractivity (Wildman–Crippen MR) is 107 cm³/mol. The third-order valence-corrected chi connectivity index (χ3v) is 3.99. The zero-order chi connectivity index (χ0) is 18.6. The smallest absolute Gasteiger partial charge is 0.191 e. The van der Waals surface area contributed by atoms with Gasteiger partial charge >= 0.3 is 0 Å². The molecule has 0 heterocycles. The first kappa shape index (κ1) is 20.1. The van der Waals surface area contributed by atoms with Crippen molar-refractivity contribution in [3.63, 3.8) is 0 Å². The number of ether oxygens (including phenoxy) is 2. The van der Waals surface area contributed by atoms with Gasteiger partial charge < -0.3 is 20.1 Å². The molecule has 0 saturated carbocycles. The zero-order valence-electron chi connectivity index (χ0n) is 15.3. The molecule has 0 saturated heterocycles. The van der Waals surface area contributed by atoms with Crippen LogP contribution >= 0.6 is 11.6 Å². The molecule has 6 heteroatoms. The van der Waals surface area contributed by atoms with Crippen molar-refractivity contribution in [3.05, 3.63) is 64.7 Å². The number of halogens is 1. The van der Waals surface area contributed by atoms with Gasteiger partial charge in [0.25, 0.3) is 0 Å². The summed E-state index contributed by atoms with van der Waals surface area (Å²) in [4.78, 5) is 4.64. The van der Waals surface area contributed by atoms with Crippen molar-refractivity contribution in [1.29, 1.82) is 0 Å². The van der Waals surface area contributed by atoms with E-state index in [2.05, 4.69) is 15.6 Å². The van der Waals surface area contributed by atoms with Crippen LogP contribution in [0.25, 0.3) is 0 Å². The van der Waals surface area contributed by atoms with Gasteiger partial charge in [-0.2, -0.15) is 0 Å². The highest BCUT2D eigenvalue weighted by atomic mass is 35.5. The first-order valence-corrected chi connectivity index (χ1v) is 9.07. The first-order chi connectivity index (χ1) is 12.7. The molecule has 2 aromatic carbocycles. The number of nitrogens with one attached hydrogen (secondary N) is 2. The Labute approximate surface area is 160 Å². The van der Waals surface area contributed by atoms with E-state index in [0.29, 0.717) is 26.3 Å². The van der Waals surface area contributed by atoms with Gasteiger partial charge in [0, 0.05) is 25.2 Å². The molecule has 0 aromatic heterocycles. The lowest BCUT2D eigenvalue weighted by molar-refractivity contribution is 0.146. The molecule has 2 N–H and O–H groups in total. The summed E-state index contributed by atoms with van der Waals surface area (Å²) in [6, 6.07) is 15.7. The van der Waals surface area contributed by atoms with Crippen LogP contribution in [0.15, 0.2) is 53.5 Å². The zero-order valence-corrected chi connectivity index (χ0v) is 16.1. The lowest BCUT2D eigenvalue weighted by Gasteiger charge is -2.12. The Morgan fingerprint density at radius 3 is 2.69 bits per heavy atom. The predicted octanol–water partition coefficient (Wildman–Crippen LogP) is 3.62. The Morgan fingerprint density at radius 1 is 1.08 bits per heavy atom. The van der Waals surface area contributed by atoms with Crippen molar-refractivity contribution in [2.45, 2.75) is 20.0 Å². The van der Waals surface area contributed by atoms with Gasteiger partial charge in [0.05, 0.1) is 13.2 Å². The summed E-state index contributed by atoms with van der Waals surface area (Å²) in [5.41, 5.74) is 2.11. The molecule has 2 rings (SSSR count). The summed E-state index contributed by atoms with van der Waals surface area (Å²) >= 11 is 6.20. The Bertz CT molecular complexity index is 707. The van der Waals surface area contributed by atoms with Crippen molar-refractivity contribution in [3.8, 4) is 5.75 Å². The first-order valence-electron chi connectivity index (χ1n) is 8.69. The molecule has 0 spiro atoms. The molecule has 0 aliphatic rings. The van der Waals surface area contributed by atoms with Crippen LogP contribution in [0.3, 0.4) is 0 Å². The second kappa shape index (κ2) is 11.4. The quantitative estimate of drug-likeness (QED) is 0.399. The number of nitrogens with zero attached hydrogens (tertiary/aromatic N) is 1. The molecule has 0 amide bonds. The number of rotatable bonds is 9. The van der Waals surface area contributed by atoms with E-state index in [4.69, 9.17) is 21.1 Å². The monoisotopic (exact) mass is 375 g/mol. The van der Waals surface area contributed by atoms with E-state index >= 15 is 0 Å². The van der Waals surface area contributed by atoms with Crippen LogP contribution in [0, 0.1) is 0 Å². The molecule has 0 aliphatic carbocycles. The van der Waals surface area contributed by atoms with E-state index in [-0.39, 0.29) is 0 Å². The molecule has 0 unspecified atom stereocenters. The minimum absolute atomic E-state index is 0.533. The SMILES string of the molecule is CCNC(=NCc1cccc(OCCOC)c1)NCc1ccccc1Cl. The van der Waals surface area contributed by atoms with Gasteiger partial charge in [0.1, 0.15) is 12.4 Å². The maximum Gasteiger partial charge on any atom is 0.191 e. The van der Waals surface area contributed by atoms with Crippen LogP contribution < -0.4 is 15.4 Å². The van der Waals surface area contributed by atoms with Gasteiger partial charge in [-0.1, -0.05) is 41.9 Å². The van der Waals surface area contributed by atoms with Crippen molar-refractivity contribution < 1.29 is 9.47 Å². The van der Waals surface area contributed by atoms with E-state index in [1.165, 1.54) is 0 Å². The van der Waals surface area contributed by atoms with Crippen molar-refractivity contribution in [2.75, 3.05) is 26.9 Å². The van der Waals surface area contributed by atoms with E-state index in [1.54, 1.807) is 7.11 Å². The van der Waals surface area contributed by atoms with E-state index < -0.39 is 0 Å². The molecule has 0 radical (unpaired) electrons. The van der Waals surface area contributed by atoms with E-state index in [9.17, 15) is 0 Å². The van der Waals surface area contributed by atoms with Crippen LogP contribution in [0.2, 0.25) is 5.02 Å². The average molecular weight is 376 g/mol. The summed E-state index contributed by atoms with van der Waals surface area (Å²) < 4.78 is 10.6. The molecule has 26 heavy (non-hydrogen) atoms. The highest BCUT2D eigenvalue weighted by Crippen LogP contribution is 2.15. The van der Waals surface area contributed by atoms with Gasteiger partial charge in [0.15, 0.2) is 5.96 Å². The Balaban J connectivity index is 1.95. The van der Waals surface area contributed by atoms with Crippen molar-refractivity contribution >= 4 is 17.6 Å². The van der Waals surface area contributed by atoms with Gasteiger partial charge in [-0.3, -0.25) is 0 Å². The van der Waals surface area contributed by atoms with Crippen LogP contribution in [-0.2, 0) is 17.8 Å². The average Bonchev–Trinajstić information content (AvgIpc) is 2.66. The Hall–Kier alpha value is -2.24. The molecule has 0 bridgehead atoms. The number of guanidine groups is 1. The molecule has 140 valence electrons. The molecular weight excluding hydrogens is 350 g/mol. The van der Waals surface area contributed by atoms with E-state index in [1.807, 2.05) is 55.5 Å². The van der Waals surface area contributed by atoms with Crippen LogP contribution in [0.1, 0.15) is 18.1 Å². The third kappa shape index (κ3) is 6.94. The lowest BCUT2D eigenvalue weighted by atomic mass is 10.2. The number of aliphatic imine (C=N–C) groups is 1. The normalized spacial score (nSPS) is 11.3. The fourth-order valence-electron chi connectivity index (χ4n) is 2.31. The van der Waals surface area contributed by atoms with Crippen LogP contribution in [0.4, 0.5) is 0 Å². The topological polar surface area (TPSA) is 54.9 Å². The molecule has 0 atom stereocenters. The number of methoxy groups -OCH3 is 1. The fourth-order valence-corrected chi connectivity index (χ4v) is 2.51. The molecule has 0 fully saturated rings. The molecule has 5 nitrogen and oxygen atoms in total. The second-order valence-electron chi connectivity index (χ2n) is 5.63. The minimum atomic E-state index is 0.533. The summed E-state index contributed by atoms with van der Waals surface area (Å²) in [7, 11) is 1.66.